The highest BCUT2D eigenvalue weighted by Crippen LogP contribution is 2.70. The maximum atomic E-state index is 5.37. The number of rotatable bonds is 5. The fourth-order valence-electron chi connectivity index (χ4n) is 11.1. The molecule has 0 saturated heterocycles. The van der Waals surface area contributed by atoms with Crippen LogP contribution in [0.25, 0.3) is 67.5 Å². The number of fused-ring (bicyclic) bond motifs is 3. The topological polar surface area (TPSA) is 38.7 Å². The molecule has 0 N–H and O–H groups in total. The SMILES string of the molecule is c1ccc(-c2cccc(-c3nc(-c4cccc(-c5ccccc5)c4)nc(-c4cccc5c4-c4ccccc4C54C5CC6CC(C5)CC4C6)n3)c2)cc1. The molecule has 6 aromatic carbocycles. The molecule has 7 aromatic rings. The first kappa shape index (κ1) is 30.0. The molecule has 3 heteroatoms. The third-order valence-electron chi connectivity index (χ3n) is 12.9. The molecule has 4 saturated carbocycles. The number of hydrogen-bond acceptors (Lipinski definition) is 3. The van der Waals surface area contributed by atoms with Crippen molar-refractivity contribution in [1.29, 1.82) is 0 Å². The predicted molar refractivity (Wildman–Crippen MR) is 210 cm³/mol. The molecule has 4 bridgehead atoms. The van der Waals surface area contributed by atoms with Crippen LogP contribution in [-0.2, 0) is 5.41 Å². The van der Waals surface area contributed by atoms with Gasteiger partial charge in [0.15, 0.2) is 17.5 Å². The number of benzene rings is 6. The average molecular weight is 670 g/mol. The summed E-state index contributed by atoms with van der Waals surface area (Å²) in [5.74, 6) is 5.33. The Balaban J connectivity index is 1.12. The van der Waals surface area contributed by atoms with E-state index < -0.39 is 0 Å². The Morgan fingerprint density at radius 1 is 0.365 bits per heavy atom. The lowest BCUT2D eigenvalue weighted by atomic mass is 9.43. The molecule has 0 radical (unpaired) electrons. The van der Waals surface area contributed by atoms with Crippen LogP contribution in [0.1, 0.15) is 43.2 Å². The van der Waals surface area contributed by atoms with Gasteiger partial charge in [-0.25, -0.2) is 15.0 Å². The van der Waals surface area contributed by atoms with Crippen LogP contribution in [0.2, 0.25) is 0 Å². The van der Waals surface area contributed by atoms with Gasteiger partial charge in [0.1, 0.15) is 0 Å². The summed E-state index contributed by atoms with van der Waals surface area (Å²) in [6.45, 7) is 0. The summed E-state index contributed by atoms with van der Waals surface area (Å²) in [7, 11) is 0. The number of nitrogens with zero attached hydrogens (tertiary/aromatic N) is 3. The Kier molecular flexibility index (Phi) is 6.74. The molecule has 1 heterocycles. The highest BCUT2D eigenvalue weighted by Gasteiger charge is 2.61. The lowest BCUT2D eigenvalue weighted by Crippen LogP contribution is -2.55. The average Bonchev–Trinajstić information content (AvgIpc) is 3.51. The number of aromatic nitrogens is 3. The summed E-state index contributed by atoms with van der Waals surface area (Å²) < 4.78 is 0. The van der Waals surface area contributed by atoms with Gasteiger partial charge in [0, 0.05) is 22.1 Å². The molecule has 5 aliphatic rings. The van der Waals surface area contributed by atoms with Crippen LogP contribution in [0.15, 0.2) is 152 Å². The van der Waals surface area contributed by atoms with E-state index in [0.29, 0.717) is 23.5 Å². The van der Waals surface area contributed by atoms with E-state index in [1.54, 1.807) is 5.56 Å². The maximum absolute atomic E-state index is 5.37. The van der Waals surface area contributed by atoms with Crippen molar-refractivity contribution in [2.24, 2.45) is 23.7 Å². The van der Waals surface area contributed by atoms with Crippen LogP contribution in [0.3, 0.4) is 0 Å². The van der Waals surface area contributed by atoms with Crippen molar-refractivity contribution in [3.8, 4) is 67.5 Å². The molecular formula is C49H39N3. The third kappa shape index (κ3) is 4.54. The monoisotopic (exact) mass is 669 g/mol. The molecule has 12 rings (SSSR count). The van der Waals surface area contributed by atoms with Crippen molar-refractivity contribution in [3.63, 3.8) is 0 Å². The lowest BCUT2D eigenvalue weighted by molar-refractivity contribution is -0.0399. The highest BCUT2D eigenvalue weighted by molar-refractivity contribution is 5.92. The third-order valence-corrected chi connectivity index (χ3v) is 12.9. The van der Waals surface area contributed by atoms with E-state index in [-0.39, 0.29) is 5.41 Å². The minimum absolute atomic E-state index is 0.0854. The van der Waals surface area contributed by atoms with Gasteiger partial charge in [0.05, 0.1) is 0 Å². The van der Waals surface area contributed by atoms with Gasteiger partial charge in [-0.1, -0.05) is 140 Å². The van der Waals surface area contributed by atoms with Gasteiger partial charge < -0.3 is 0 Å². The zero-order valence-electron chi connectivity index (χ0n) is 29.1. The molecular weight excluding hydrogens is 631 g/mol. The maximum Gasteiger partial charge on any atom is 0.164 e. The highest BCUT2D eigenvalue weighted by atomic mass is 15.0. The van der Waals surface area contributed by atoms with E-state index in [1.807, 2.05) is 0 Å². The fraction of sp³-hybridized carbons (Fsp3) is 0.204. The van der Waals surface area contributed by atoms with Gasteiger partial charge in [-0.15, -0.1) is 0 Å². The van der Waals surface area contributed by atoms with Crippen molar-refractivity contribution in [2.45, 2.75) is 37.5 Å². The summed E-state index contributed by atoms with van der Waals surface area (Å²) in [5.41, 5.74) is 13.6. The van der Waals surface area contributed by atoms with Crippen LogP contribution in [0, 0.1) is 23.7 Å². The van der Waals surface area contributed by atoms with Gasteiger partial charge in [-0.3, -0.25) is 0 Å². The molecule has 1 spiro atoms. The summed E-state index contributed by atoms with van der Waals surface area (Å²) >= 11 is 0. The van der Waals surface area contributed by atoms with E-state index in [9.17, 15) is 0 Å². The minimum atomic E-state index is 0.0854. The predicted octanol–water partition coefficient (Wildman–Crippen LogP) is 11.9. The molecule has 3 nitrogen and oxygen atoms in total. The molecule has 250 valence electrons. The Morgan fingerprint density at radius 2 is 0.808 bits per heavy atom. The van der Waals surface area contributed by atoms with Crippen LogP contribution in [0.5, 0.6) is 0 Å². The molecule has 0 atom stereocenters. The quantitative estimate of drug-likeness (QED) is 0.183. The standard InChI is InChI=1S/C49H39N3/c1-3-12-33(13-4-1)35-16-9-18-37(29-35)46-50-47(38-19-10-17-36(30-38)34-14-5-2-6-15-34)52-48(51-46)42-21-11-23-44-45(42)41-20-7-8-22-43(41)49(44)39-25-31-24-32(27-39)28-40(49)26-31/h1-23,29-32,39-40H,24-28H2. The van der Waals surface area contributed by atoms with E-state index in [4.69, 9.17) is 15.0 Å². The largest absolute Gasteiger partial charge is 0.208 e. The van der Waals surface area contributed by atoms with Crippen LogP contribution < -0.4 is 0 Å². The lowest BCUT2D eigenvalue weighted by Gasteiger charge is -2.61. The van der Waals surface area contributed by atoms with Gasteiger partial charge in [-0.05, 0) is 112 Å². The summed E-state index contributed by atoms with van der Waals surface area (Å²) in [4.78, 5) is 16.0. The summed E-state index contributed by atoms with van der Waals surface area (Å²) in [6.07, 6.45) is 6.90. The van der Waals surface area contributed by atoms with E-state index in [2.05, 4.69) is 152 Å². The Morgan fingerprint density at radius 3 is 1.40 bits per heavy atom. The van der Waals surface area contributed by atoms with Crippen molar-refractivity contribution < 1.29 is 0 Å². The van der Waals surface area contributed by atoms with Gasteiger partial charge in [0.25, 0.3) is 0 Å². The second-order valence-corrected chi connectivity index (χ2v) is 15.6. The second-order valence-electron chi connectivity index (χ2n) is 15.6. The number of hydrogen-bond donors (Lipinski definition) is 0. The summed E-state index contributed by atoms with van der Waals surface area (Å²) in [6, 6.07) is 54.7. The molecule has 0 aliphatic heterocycles. The fourth-order valence-corrected chi connectivity index (χ4v) is 11.1. The van der Waals surface area contributed by atoms with E-state index in [1.165, 1.54) is 59.9 Å². The van der Waals surface area contributed by atoms with Crippen LogP contribution >= 0.6 is 0 Å². The molecule has 5 aliphatic carbocycles. The van der Waals surface area contributed by atoms with E-state index >= 15 is 0 Å². The van der Waals surface area contributed by atoms with Crippen molar-refractivity contribution >= 4 is 0 Å². The minimum Gasteiger partial charge on any atom is -0.208 e. The molecule has 4 fully saturated rings. The second kappa shape index (κ2) is 11.7. The van der Waals surface area contributed by atoms with Gasteiger partial charge in [0.2, 0.25) is 0 Å². The molecule has 0 amide bonds. The first-order chi connectivity index (χ1) is 25.7. The van der Waals surface area contributed by atoms with Crippen molar-refractivity contribution in [1.82, 2.24) is 15.0 Å². The summed E-state index contributed by atoms with van der Waals surface area (Å²) in [5, 5.41) is 0. The zero-order valence-corrected chi connectivity index (χ0v) is 29.1. The van der Waals surface area contributed by atoms with Gasteiger partial charge >= 0.3 is 0 Å². The first-order valence-electron chi connectivity index (χ1n) is 19.0. The Labute approximate surface area is 305 Å². The first-order valence-corrected chi connectivity index (χ1v) is 19.0. The zero-order chi connectivity index (χ0) is 34.2. The molecule has 0 unspecified atom stereocenters. The van der Waals surface area contributed by atoms with E-state index in [0.717, 1.165) is 45.5 Å². The van der Waals surface area contributed by atoms with Gasteiger partial charge in [-0.2, -0.15) is 0 Å². The molecule has 52 heavy (non-hydrogen) atoms. The van der Waals surface area contributed by atoms with Crippen molar-refractivity contribution in [3.05, 3.63) is 163 Å². The van der Waals surface area contributed by atoms with Crippen molar-refractivity contribution in [2.75, 3.05) is 0 Å². The normalized spacial score (nSPS) is 23.5. The Hall–Kier alpha value is -5.67. The Bertz CT molecular complexity index is 2350. The molecule has 1 aromatic heterocycles. The van der Waals surface area contributed by atoms with Crippen LogP contribution in [0.4, 0.5) is 0 Å². The van der Waals surface area contributed by atoms with Crippen LogP contribution in [-0.4, -0.2) is 15.0 Å². The smallest absolute Gasteiger partial charge is 0.164 e.